The van der Waals surface area contributed by atoms with E-state index in [1.54, 1.807) is 6.20 Å². The van der Waals surface area contributed by atoms with Crippen LogP contribution in [0, 0.1) is 17.0 Å². The van der Waals surface area contributed by atoms with Crippen LogP contribution in [-0.4, -0.2) is 38.9 Å². The quantitative estimate of drug-likeness (QED) is 0.0785. The van der Waals surface area contributed by atoms with E-state index in [2.05, 4.69) is 20.7 Å². The van der Waals surface area contributed by atoms with Crippen molar-refractivity contribution >= 4 is 50.7 Å². The lowest BCUT2D eigenvalue weighted by atomic mass is 9.95. The third kappa shape index (κ3) is 4.06. The highest BCUT2D eigenvalue weighted by molar-refractivity contribution is 6.50. The molecule has 0 unspecified atom stereocenters. The molecule has 0 atom stereocenters. The van der Waals surface area contributed by atoms with Gasteiger partial charge in [-0.2, -0.15) is 0 Å². The van der Waals surface area contributed by atoms with Gasteiger partial charge in [0.1, 0.15) is 5.10 Å². The summed E-state index contributed by atoms with van der Waals surface area (Å²) in [5.74, 6) is -1.13. The topological polar surface area (TPSA) is 160 Å². The maximum absolute atomic E-state index is 13.1. The molecule has 1 aliphatic heterocycles. The van der Waals surface area contributed by atoms with Gasteiger partial charge in [-0.3, -0.25) is 14.9 Å². The van der Waals surface area contributed by atoms with Crippen LogP contribution in [0.15, 0.2) is 60.0 Å². The minimum Gasteiger partial charge on any atom is -0.365 e. The van der Waals surface area contributed by atoms with E-state index in [9.17, 15) is 19.7 Å². The van der Waals surface area contributed by atoms with Gasteiger partial charge in [-0.1, -0.05) is 29.8 Å². The number of guanidine groups is 1. The number of aromatic nitrogens is 2. The molecule has 0 bridgehead atoms. The summed E-state index contributed by atoms with van der Waals surface area (Å²) in [6.45, 7) is 2.88. The number of amides is 2. The van der Waals surface area contributed by atoms with Gasteiger partial charge in [0, 0.05) is 58.4 Å². The number of nitrogens with two attached hydrogens (primary N) is 1. The number of nitro groups is 1. The van der Waals surface area contributed by atoms with E-state index in [-0.39, 0.29) is 5.96 Å². The van der Waals surface area contributed by atoms with E-state index in [0.29, 0.717) is 41.8 Å². The standard InChI is InChI=1S/C25H23N7O4/c1-14-7-8-20-16(11-14)18(13-31(20)10-4-9-27-25(26)30-32(35)36)22-21(23(33)29-24(22)34)17-12-28-19-6-3-2-5-15(17)19/h2-3,5-8,11-13,28H,4,9-10H2,1H3,(H3,26,27,30)(H,29,33,34). The SMILES string of the molecule is Cc1ccc2c(c1)c(C1=C(c3c[nH]c4ccccc34)C(=O)NC1=O)cn2CCCNC(N)=N[N+](=O)[O-]. The molecule has 36 heavy (non-hydrogen) atoms. The highest BCUT2D eigenvalue weighted by atomic mass is 16.7. The van der Waals surface area contributed by atoms with E-state index in [0.717, 1.165) is 27.4 Å². The molecule has 0 aliphatic carbocycles. The summed E-state index contributed by atoms with van der Waals surface area (Å²) in [7, 11) is 0. The first kappa shape index (κ1) is 22.8. The second-order valence-corrected chi connectivity index (χ2v) is 8.54. The summed E-state index contributed by atoms with van der Waals surface area (Å²) >= 11 is 0. The van der Waals surface area contributed by atoms with E-state index >= 15 is 0 Å². The number of carbonyl (C=O) groups is 2. The fourth-order valence-corrected chi connectivity index (χ4v) is 4.63. The molecule has 11 heteroatoms. The van der Waals surface area contributed by atoms with Crippen molar-refractivity contribution in [3.05, 3.63) is 81.7 Å². The van der Waals surface area contributed by atoms with Gasteiger partial charge in [0.05, 0.1) is 11.1 Å². The molecule has 2 aromatic heterocycles. The Morgan fingerprint density at radius 3 is 2.64 bits per heavy atom. The van der Waals surface area contributed by atoms with E-state index in [1.165, 1.54) is 0 Å². The number of hydrogen-bond donors (Lipinski definition) is 4. The Kier molecular flexibility index (Phi) is 5.72. The Labute approximate surface area is 204 Å². The summed E-state index contributed by atoms with van der Waals surface area (Å²) in [5.41, 5.74) is 10.3. The van der Waals surface area contributed by atoms with Crippen LogP contribution in [0.4, 0.5) is 0 Å². The van der Waals surface area contributed by atoms with Crippen LogP contribution in [0.1, 0.15) is 23.1 Å². The van der Waals surface area contributed by atoms with Gasteiger partial charge in [-0.25, -0.2) is 10.1 Å². The first-order valence-electron chi connectivity index (χ1n) is 11.3. The normalized spacial score (nSPS) is 14.2. The molecule has 3 heterocycles. The number of para-hydroxylation sites is 1. The Balaban J connectivity index is 1.57. The number of benzene rings is 2. The number of aryl methyl sites for hydroxylation is 2. The van der Waals surface area contributed by atoms with Crippen LogP contribution in [0.25, 0.3) is 33.0 Å². The van der Waals surface area contributed by atoms with Crippen LogP contribution in [0.3, 0.4) is 0 Å². The van der Waals surface area contributed by atoms with Crippen LogP contribution in [0.5, 0.6) is 0 Å². The maximum Gasteiger partial charge on any atom is 0.266 e. The Morgan fingerprint density at radius 2 is 1.86 bits per heavy atom. The molecule has 5 rings (SSSR count). The summed E-state index contributed by atoms with van der Waals surface area (Å²) in [5, 5.41) is 19.5. The van der Waals surface area contributed by atoms with Crippen molar-refractivity contribution in [1.29, 1.82) is 0 Å². The minimum absolute atomic E-state index is 0.261. The van der Waals surface area contributed by atoms with Gasteiger partial charge < -0.3 is 20.6 Å². The number of hydrogen-bond acceptors (Lipinski definition) is 4. The average molecular weight is 486 g/mol. The van der Waals surface area contributed by atoms with Crippen molar-refractivity contribution in [2.24, 2.45) is 10.8 Å². The molecule has 5 N–H and O–H groups in total. The smallest absolute Gasteiger partial charge is 0.266 e. The molecule has 2 aromatic carbocycles. The fourth-order valence-electron chi connectivity index (χ4n) is 4.63. The molecule has 2 amide bonds. The van der Waals surface area contributed by atoms with Crippen molar-refractivity contribution in [1.82, 2.24) is 20.2 Å². The Hall–Kier alpha value is -4.93. The monoisotopic (exact) mass is 485 g/mol. The summed E-state index contributed by atoms with van der Waals surface area (Å²) in [6.07, 6.45) is 4.22. The predicted molar refractivity (Wildman–Crippen MR) is 136 cm³/mol. The molecule has 0 spiro atoms. The number of H-pyrrole nitrogens is 1. The number of aromatic amines is 1. The summed E-state index contributed by atoms with van der Waals surface area (Å²) in [4.78, 5) is 39.7. The molecular weight excluding hydrogens is 462 g/mol. The molecule has 4 aromatic rings. The molecule has 0 radical (unpaired) electrons. The lowest BCUT2D eigenvalue weighted by Crippen LogP contribution is -2.33. The minimum atomic E-state index is -0.858. The van der Waals surface area contributed by atoms with E-state index in [1.807, 2.05) is 60.2 Å². The molecule has 182 valence electrons. The second kappa shape index (κ2) is 9.02. The van der Waals surface area contributed by atoms with Gasteiger partial charge in [0.15, 0.2) is 5.03 Å². The molecule has 0 saturated carbocycles. The summed E-state index contributed by atoms with van der Waals surface area (Å²) < 4.78 is 2.00. The zero-order valence-electron chi connectivity index (χ0n) is 19.4. The van der Waals surface area contributed by atoms with Gasteiger partial charge >= 0.3 is 0 Å². The zero-order chi connectivity index (χ0) is 25.4. The molecular formula is C25H23N7O4. The van der Waals surface area contributed by atoms with Crippen molar-refractivity contribution in [2.45, 2.75) is 19.9 Å². The first-order valence-corrected chi connectivity index (χ1v) is 11.3. The fraction of sp³-hybridized carbons (Fsp3) is 0.160. The van der Waals surface area contributed by atoms with E-state index in [4.69, 9.17) is 5.73 Å². The van der Waals surface area contributed by atoms with Crippen LogP contribution in [0.2, 0.25) is 0 Å². The van der Waals surface area contributed by atoms with Crippen molar-refractivity contribution in [2.75, 3.05) is 6.54 Å². The number of nitrogens with zero attached hydrogens (tertiary/aromatic N) is 3. The second-order valence-electron chi connectivity index (χ2n) is 8.54. The average Bonchev–Trinajstić information content (AvgIpc) is 3.48. The van der Waals surface area contributed by atoms with Crippen LogP contribution >= 0.6 is 0 Å². The van der Waals surface area contributed by atoms with Crippen molar-refractivity contribution in [3.63, 3.8) is 0 Å². The zero-order valence-corrected chi connectivity index (χ0v) is 19.4. The lowest BCUT2D eigenvalue weighted by Gasteiger charge is -2.06. The maximum atomic E-state index is 13.1. The highest BCUT2D eigenvalue weighted by Crippen LogP contribution is 2.38. The van der Waals surface area contributed by atoms with Crippen molar-refractivity contribution < 1.29 is 14.6 Å². The Bertz CT molecular complexity index is 1610. The van der Waals surface area contributed by atoms with Gasteiger partial charge in [0.25, 0.3) is 17.8 Å². The number of nitrogens with one attached hydrogen (secondary N) is 3. The van der Waals surface area contributed by atoms with Crippen LogP contribution < -0.4 is 16.4 Å². The van der Waals surface area contributed by atoms with Crippen molar-refractivity contribution in [3.8, 4) is 0 Å². The van der Waals surface area contributed by atoms with E-state index < -0.39 is 16.8 Å². The number of carbonyl (C=O) groups excluding carboxylic acids is 2. The largest absolute Gasteiger partial charge is 0.365 e. The number of imide groups is 1. The van der Waals surface area contributed by atoms with Gasteiger partial charge in [-0.15, -0.1) is 0 Å². The molecule has 1 aliphatic rings. The van der Waals surface area contributed by atoms with Crippen LogP contribution in [-0.2, 0) is 16.1 Å². The van der Waals surface area contributed by atoms with Gasteiger partial charge in [-0.05, 0) is 31.5 Å². The third-order valence-corrected chi connectivity index (χ3v) is 6.17. The lowest BCUT2D eigenvalue weighted by molar-refractivity contribution is -0.485. The Morgan fingerprint density at radius 1 is 1.11 bits per heavy atom. The van der Waals surface area contributed by atoms with Gasteiger partial charge in [0.2, 0.25) is 0 Å². The predicted octanol–water partition coefficient (Wildman–Crippen LogP) is 2.48. The third-order valence-electron chi connectivity index (χ3n) is 6.17. The number of hydrazone groups is 1. The number of rotatable bonds is 7. The molecule has 0 saturated heterocycles. The molecule has 0 fully saturated rings. The highest BCUT2D eigenvalue weighted by Gasteiger charge is 2.35. The first-order chi connectivity index (χ1) is 17.3. The summed E-state index contributed by atoms with van der Waals surface area (Å²) in [6, 6.07) is 13.6. The number of fused-ring (bicyclic) bond motifs is 2. The molecule has 11 nitrogen and oxygen atoms in total.